The standard InChI is InChI=1S/C26H30N2O7/c1-2-34-16(11-24(29)28-23-15-33-13-22(23)25(30)31)12-27-26(32)35-14-21-19-9-5-3-7-17(19)18-8-4-6-10-20(18)21/h3-10,16,21-23H,2,11-15H2,1H3,(H,27,32)(H,28,29)(H,30,31). The average molecular weight is 483 g/mol. The summed E-state index contributed by atoms with van der Waals surface area (Å²) in [6, 6.07) is 15.6. The molecule has 9 nitrogen and oxygen atoms in total. The predicted octanol–water partition coefficient (Wildman–Crippen LogP) is 2.54. The molecule has 2 aromatic carbocycles. The summed E-state index contributed by atoms with van der Waals surface area (Å²) in [6.07, 6.45) is -1.20. The molecular weight excluding hydrogens is 452 g/mol. The smallest absolute Gasteiger partial charge is 0.407 e. The Bertz CT molecular complexity index is 1030. The Morgan fingerprint density at radius 2 is 1.71 bits per heavy atom. The Kier molecular flexibility index (Phi) is 7.99. The Morgan fingerprint density at radius 1 is 1.06 bits per heavy atom. The van der Waals surface area contributed by atoms with Gasteiger partial charge in [0.1, 0.15) is 12.5 Å². The SMILES string of the molecule is CCOC(CNC(=O)OCC1c2ccccc2-c2ccccc21)CC(=O)NC1COCC1C(=O)O. The number of carbonyl (C=O) groups excluding carboxylic acids is 2. The molecule has 2 aliphatic rings. The highest BCUT2D eigenvalue weighted by Gasteiger charge is 2.35. The van der Waals surface area contributed by atoms with Crippen molar-refractivity contribution >= 4 is 18.0 Å². The number of fused-ring (bicyclic) bond motifs is 3. The molecule has 1 aliphatic carbocycles. The van der Waals surface area contributed by atoms with Gasteiger partial charge in [-0.15, -0.1) is 0 Å². The third kappa shape index (κ3) is 5.80. The number of benzene rings is 2. The number of carboxylic acids is 1. The first-order valence-corrected chi connectivity index (χ1v) is 11.8. The maximum Gasteiger partial charge on any atom is 0.407 e. The molecular formula is C26H30N2O7. The zero-order valence-corrected chi connectivity index (χ0v) is 19.6. The minimum Gasteiger partial charge on any atom is -0.481 e. The molecule has 9 heteroatoms. The number of ether oxygens (including phenoxy) is 3. The zero-order valence-electron chi connectivity index (χ0n) is 19.6. The number of nitrogens with one attached hydrogen (secondary N) is 2. The molecule has 3 N–H and O–H groups in total. The minimum atomic E-state index is -1.01. The van der Waals surface area contributed by atoms with Crippen molar-refractivity contribution in [3.63, 3.8) is 0 Å². The van der Waals surface area contributed by atoms with Crippen LogP contribution in [-0.2, 0) is 23.8 Å². The highest BCUT2D eigenvalue weighted by molar-refractivity contribution is 5.80. The van der Waals surface area contributed by atoms with Gasteiger partial charge >= 0.3 is 12.1 Å². The molecule has 0 bridgehead atoms. The van der Waals surface area contributed by atoms with Gasteiger partial charge in [-0.2, -0.15) is 0 Å². The molecule has 1 aliphatic heterocycles. The molecule has 35 heavy (non-hydrogen) atoms. The summed E-state index contributed by atoms with van der Waals surface area (Å²) in [7, 11) is 0. The van der Waals surface area contributed by atoms with Crippen LogP contribution in [0.1, 0.15) is 30.4 Å². The molecule has 4 rings (SSSR count). The molecule has 2 aromatic rings. The van der Waals surface area contributed by atoms with Crippen LogP contribution in [0.25, 0.3) is 11.1 Å². The van der Waals surface area contributed by atoms with Crippen LogP contribution in [0.4, 0.5) is 4.79 Å². The van der Waals surface area contributed by atoms with E-state index >= 15 is 0 Å². The van der Waals surface area contributed by atoms with Crippen molar-refractivity contribution in [3.8, 4) is 11.1 Å². The van der Waals surface area contributed by atoms with Crippen molar-refractivity contribution < 1.29 is 33.7 Å². The van der Waals surface area contributed by atoms with Gasteiger partial charge < -0.3 is 30.0 Å². The summed E-state index contributed by atoms with van der Waals surface area (Å²) in [4.78, 5) is 36.2. The number of amides is 2. The second kappa shape index (κ2) is 11.3. The van der Waals surface area contributed by atoms with Crippen molar-refractivity contribution in [2.75, 3.05) is 33.0 Å². The van der Waals surface area contributed by atoms with E-state index in [0.717, 1.165) is 22.3 Å². The fourth-order valence-electron chi connectivity index (χ4n) is 4.68. The molecule has 1 heterocycles. The first-order chi connectivity index (χ1) is 17.0. The lowest BCUT2D eigenvalue weighted by atomic mass is 9.98. The normalized spacial score (nSPS) is 19.5. The monoisotopic (exact) mass is 482 g/mol. The molecule has 186 valence electrons. The number of carbonyl (C=O) groups is 3. The summed E-state index contributed by atoms with van der Waals surface area (Å²) in [5.74, 6) is -2.19. The van der Waals surface area contributed by atoms with Gasteiger partial charge in [0, 0.05) is 19.1 Å². The minimum absolute atomic E-state index is 0.0274. The summed E-state index contributed by atoms with van der Waals surface area (Å²) in [5.41, 5.74) is 4.55. The van der Waals surface area contributed by atoms with E-state index in [2.05, 4.69) is 34.9 Å². The molecule has 1 fully saturated rings. The Morgan fingerprint density at radius 3 is 2.34 bits per heavy atom. The first kappa shape index (κ1) is 24.7. The van der Waals surface area contributed by atoms with Crippen molar-refractivity contribution in [1.82, 2.24) is 10.6 Å². The van der Waals surface area contributed by atoms with Gasteiger partial charge in [0.05, 0.1) is 31.8 Å². The molecule has 0 saturated carbocycles. The summed E-state index contributed by atoms with van der Waals surface area (Å²) in [5, 5.41) is 14.6. The summed E-state index contributed by atoms with van der Waals surface area (Å²) < 4.78 is 16.3. The lowest BCUT2D eigenvalue weighted by Crippen LogP contribution is -2.45. The van der Waals surface area contributed by atoms with Crippen LogP contribution in [0.5, 0.6) is 0 Å². The van der Waals surface area contributed by atoms with Gasteiger partial charge in [0.2, 0.25) is 5.91 Å². The summed E-state index contributed by atoms with van der Waals surface area (Å²) in [6.45, 7) is 2.65. The number of carboxylic acid groups (broad SMARTS) is 1. The van der Waals surface area contributed by atoms with E-state index < -0.39 is 30.1 Å². The van der Waals surface area contributed by atoms with Crippen LogP contribution >= 0.6 is 0 Å². The maximum absolute atomic E-state index is 12.4. The average Bonchev–Trinajstić information content (AvgIpc) is 3.44. The number of hydrogen-bond acceptors (Lipinski definition) is 6. The fraction of sp³-hybridized carbons (Fsp3) is 0.423. The topological polar surface area (TPSA) is 123 Å². The first-order valence-electron chi connectivity index (χ1n) is 11.8. The molecule has 0 spiro atoms. The Hall–Kier alpha value is -3.43. The van der Waals surface area contributed by atoms with Crippen LogP contribution in [0.15, 0.2) is 48.5 Å². The van der Waals surface area contributed by atoms with E-state index in [1.54, 1.807) is 6.92 Å². The molecule has 3 atom stereocenters. The number of alkyl carbamates (subject to hydrolysis) is 1. The predicted molar refractivity (Wildman–Crippen MR) is 127 cm³/mol. The van der Waals surface area contributed by atoms with E-state index in [9.17, 15) is 19.5 Å². The summed E-state index contributed by atoms with van der Waals surface area (Å²) >= 11 is 0. The number of rotatable bonds is 10. The second-order valence-corrected chi connectivity index (χ2v) is 8.64. The number of hydrogen-bond donors (Lipinski definition) is 3. The highest BCUT2D eigenvalue weighted by atomic mass is 16.5. The van der Waals surface area contributed by atoms with Gasteiger partial charge in [-0.3, -0.25) is 9.59 Å². The van der Waals surface area contributed by atoms with E-state index in [4.69, 9.17) is 14.2 Å². The Balaban J connectivity index is 1.28. The molecule has 0 aromatic heterocycles. The van der Waals surface area contributed by atoms with Gasteiger partial charge in [-0.1, -0.05) is 48.5 Å². The second-order valence-electron chi connectivity index (χ2n) is 8.64. The van der Waals surface area contributed by atoms with Crippen LogP contribution in [0, 0.1) is 5.92 Å². The van der Waals surface area contributed by atoms with Crippen LogP contribution in [0.2, 0.25) is 0 Å². The highest BCUT2D eigenvalue weighted by Crippen LogP contribution is 2.44. The Labute approximate surface area is 203 Å². The van der Waals surface area contributed by atoms with Crippen molar-refractivity contribution in [2.24, 2.45) is 5.92 Å². The lowest BCUT2D eigenvalue weighted by Gasteiger charge is -2.20. The molecule has 3 unspecified atom stereocenters. The lowest BCUT2D eigenvalue weighted by molar-refractivity contribution is -0.142. The molecule has 1 saturated heterocycles. The van der Waals surface area contributed by atoms with Crippen molar-refractivity contribution in [2.45, 2.75) is 31.4 Å². The van der Waals surface area contributed by atoms with Gasteiger partial charge in [0.15, 0.2) is 0 Å². The maximum atomic E-state index is 12.4. The third-order valence-electron chi connectivity index (χ3n) is 6.38. The van der Waals surface area contributed by atoms with E-state index in [1.165, 1.54) is 0 Å². The van der Waals surface area contributed by atoms with Crippen molar-refractivity contribution in [1.29, 1.82) is 0 Å². The van der Waals surface area contributed by atoms with E-state index in [0.29, 0.717) is 6.61 Å². The fourth-order valence-corrected chi connectivity index (χ4v) is 4.68. The third-order valence-corrected chi connectivity index (χ3v) is 6.38. The van der Waals surface area contributed by atoms with E-state index in [1.807, 2.05) is 24.3 Å². The van der Waals surface area contributed by atoms with Crippen LogP contribution in [0.3, 0.4) is 0 Å². The van der Waals surface area contributed by atoms with Gasteiger partial charge in [-0.25, -0.2) is 4.79 Å². The molecule has 0 radical (unpaired) electrons. The largest absolute Gasteiger partial charge is 0.481 e. The van der Waals surface area contributed by atoms with Gasteiger partial charge in [0.25, 0.3) is 0 Å². The van der Waals surface area contributed by atoms with Crippen LogP contribution in [-0.4, -0.2) is 68.2 Å². The van der Waals surface area contributed by atoms with E-state index in [-0.39, 0.29) is 44.6 Å². The zero-order chi connectivity index (χ0) is 24.8. The van der Waals surface area contributed by atoms with Crippen LogP contribution < -0.4 is 10.6 Å². The number of aliphatic carboxylic acids is 1. The quantitative estimate of drug-likeness (QED) is 0.476. The molecule has 2 amide bonds. The van der Waals surface area contributed by atoms with Gasteiger partial charge in [-0.05, 0) is 29.2 Å². The van der Waals surface area contributed by atoms with Crippen molar-refractivity contribution in [3.05, 3.63) is 59.7 Å².